The minimum Gasteiger partial charge on any atom is -0.502 e. The number of benzene rings is 1. The van der Waals surface area contributed by atoms with Gasteiger partial charge in [0.25, 0.3) is 16.8 Å². The van der Waals surface area contributed by atoms with Gasteiger partial charge in [0.1, 0.15) is 0 Å². The van der Waals surface area contributed by atoms with Gasteiger partial charge in [-0.25, -0.2) is 0 Å². The first-order valence-electron chi connectivity index (χ1n) is 6.67. The van der Waals surface area contributed by atoms with Gasteiger partial charge in [-0.3, -0.25) is 34.7 Å². The molecule has 1 fully saturated rings. The van der Waals surface area contributed by atoms with Gasteiger partial charge in [-0.05, 0) is 24.3 Å². The highest BCUT2D eigenvalue weighted by Crippen LogP contribution is 2.38. The molecule has 24 heavy (non-hydrogen) atoms. The number of carbonyl (C=O) groups excluding carboxylic acids is 2. The van der Waals surface area contributed by atoms with Crippen molar-refractivity contribution in [3.63, 3.8) is 0 Å². The van der Waals surface area contributed by atoms with Crippen molar-refractivity contribution >= 4 is 40.4 Å². The van der Waals surface area contributed by atoms with Crippen LogP contribution in [-0.2, 0) is 4.79 Å². The van der Waals surface area contributed by atoms with Crippen LogP contribution in [0.25, 0.3) is 6.08 Å². The zero-order chi connectivity index (χ0) is 18.0. The fourth-order valence-corrected chi connectivity index (χ4v) is 2.89. The molecular weight excluding hydrogens is 342 g/mol. The average Bonchev–Trinajstić information content (AvgIpc) is 2.76. The minimum absolute atomic E-state index is 0.0708. The Morgan fingerprint density at radius 2 is 1.92 bits per heavy atom. The summed E-state index contributed by atoms with van der Waals surface area (Å²) in [4.78, 5) is 44.8. The van der Waals surface area contributed by atoms with Crippen LogP contribution < -0.4 is 0 Å². The molecule has 0 unspecified atom stereocenters. The molecule has 0 aromatic heterocycles. The number of non-ortho nitro benzene ring substituents is 1. The van der Waals surface area contributed by atoms with Crippen LogP contribution in [0.15, 0.2) is 17.0 Å². The number of hydrogen-bond acceptors (Lipinski definition) is 8. The van der Waals surface area contributed by atoms with Gasteiger partial charge in [-0.2, -0.15) is 0 Å². The van der Waals surface area contributed by atoms with E-state index in [1.807, 2.05) is 0 Å². The van der Waals surface area contributed by atoms with Gasteiger partial charge in [0.15, 0.2) is 0 Å². The van der Waals surface area contributed by atoms with Crippen molar-refractivity contribution in [1.82, 2.24) is 4.90 Å². The number of nitro benzene ring substituents is 2. The Balaban J connectivity index is 2.53. The number of carbonyl (C=O) groups is 2. The van der Waals surface area contributed by atoms with Crippen molar-refractivity contribution in [3.8, 4) is 5.75 Å². The number of amides is 2. The molecular formula is C13H11N3O7S. The summed E-state index contributed by atoms with van der Waals surface area (Å²) < 4.78 is 0. The third kappa shape index (κ3) is 3.20. The molecule has 11 heteroatoms. The second-order valence-electron chi connectivity index (χ2n) is 4.75. The summed E-state index contributed by atoms with van der Waals surface area (Å²) in [6.07, 6.45) is 1.59. The highest BCUT2D eigenvalue weighted by Gasteiger charge is 2.35. The van der Waals surface area contributed by atoms with Gasteiger partial charge in [0, 0.05) is 18.2 Å². The Bertz CT molecular complexity index is 790. The first-order valence-corrected chi connectivity index (χ1v) is 7.49. The quantitative estimate of drug-likeness (QED) is 0.483. The highest BCUT2D eigenvalue weighted by molar-refractivity contribution is 8.18. The number of aromatic hydroxyl groups is 1. The lowest BCUT2D eigenvalue weighted by molar-refractivity contribution is -0.394. The number of thioether (sulfide) groups is 1. The number of imide groups is 1. The van der Waals surface area contributed by atoms with Crippen LogP contribution in [0.2, 0.25) is 0 Å². The normalized spacial score (nSPS) is 16.0. The van der Waals surface area contributed by atoms with Crippen LogP contribution in [0.3, 0.4) is 0 Å². The van der Waals surface area contributed by atoms with Gasteiger partial charge in [0.05, 0.1) is 20.8 Å². The van der Waals surface area contributed by atoms with Crippen LogP contribution in [-0.4, -0.2) is 37.5 Å². The van der Waals surface area contributed by atoms with Gasteiger partial charge < -0.3 is 5.11 Å². The summed E-state index contributed by atoms with van der Waals surface area (Å²) in [7, 11) is 0. The van der Waals surface area contributed by atoms with Crippen LogP contribution in [0.5, 0.6) is 5.75 Å². The molecule has 2 amide bonds. The van der Waals surface area contributed by atoms with Crippen molar-refractivity contribution < 1.29 is 24.5 Å². The number of phenols is 1. The van der Waals surface area contributed by atoms with E-state index in [1.54, 1.807) is 6.92 Å². The second kappa shape index (κ2) is 6.66. The monoisotopic (exact) mass is 353 g/mol. The zero-order valence-corrected chi connectivity index (χ0v) is 13.1. The summed E-state index contributed by atoms with van der Waals surface area (Å²) in [5, 5.41) is 31.2. The number of rotatable bonds is 5. The number of hydrogen-bond donors (Lipinski definition) is 1. The molecule has 1 heterocycles. The van der Waals surface area contributed by atoms with E-state index in [4.69, 9.17) is 0 Å². The van der Waals surface area contributed by atoms with Crippen LogP contribution in [0.4, 0.5) is 16.2 Å². The maximum atomic E-state index is 12.1. The standard InChI is InChI=1S/C13H11N3O7S/c1-2-3-14-12(18)10(24-13(14)19)5-7-4-8(15(20)21)6-9(11(7)17)16(22)23/h4-6,17H,2-3H2,1H3/b10-5+. The van der Waals surface area contributed by atoms with Crippen molar-refractivity contribution in [3.05, 3.63) is 42.8 Å². The zero-order valence-electron chi connectivity index (χ0n) is 12.3. The Morgan fingerprint density at radius 1 is 1.25 bits per heavy atom. The predicted molar refractivity (Wildman–Crippen MR) is 84.4 cm³/mol. The maximum absolute atomic E-state index is 12.1. The molecule has 1 saturated heterocycles. The lowest BCUT2D eigenvalue weighted by Gasteiger charge is -2.09. The van der Waals surface area contributed by atoms with Crippen LogP contribution in [0.1, 0.15) is 18.9 Å². The Morgan fingerprint density at radius 3 is 2.46 bits per heavy atom. The second-order valence-corrected chi connectivity index (χ2v) is 5.74. The Kier molecular flexibility index (Phi) is 4.83. The van der Waals surface area contributed by atoms with Gasteiger partial charge >= 0.3 is 5.69 Å². The smallest absolute Gasteiger partial charge is 0.318 e. The molecule has 0 saturated carbocycles. The van der Waals surface area contributed by atoms with E-state index in [0.29, 0.717) is 24.2 Å². The summed E-state index contributed by atoms with van der Waals surface area (Å²) in [5.41, 5.74) is -1.75. The van der Waals surface area contributed by atoms with Gasteiger partial charge in [-0.1, -0.05) is 6.92 Å². The molecule has 1 aliphatic rings. The van der Waals surface area contributed by atoms with Crippen molar-refractivity contribution in [2.75, 3.05) is 6.54 Å². The molecule has 1 aromatic rings. The van der Waals surface area contributed by atoms with Crippen molar-refractivity contribution in [1.29, 1.82) is 0 Å². The fraction of sp³-hybridized carbons (Fsp3) is 0.231. The molecule has 1 aromatic carbocycles. The fourth-order valence-electron chi connectivity index (χ4n) is 2.04. The van der Waals surface area contributed by atoms with E-state index in [0.717, 1.165) is 17.0 Å². The third-order valence-electron chi connectivity index (χ3n) is 3.12. The largest absolute Gasteiger partial charge is 0.502 e. The number of phenolic OH excluding ortho intramolecular Hbond substituents is 1. The van der Waals surface area contributed by atoms with Crippen molar-refractivity contribution in [2.45, 2.75) is 13.3 Å². The van der Waals surface area contributed by atoms with Crippen LogP contribution in [0, 0.1) is 20.2 Å². The molecule has 2 rings (SSSR count). The maximum Gasteiger partial charge on any atom is 0.318 e. The third-order valence-corrected chi connectivity index (χ3v) is 4.03. The number of nitrogens with zero attached hydrogens (tertiary/aromatic N) is 3. The van der Waals surface area contributed by atoms with Crippen LogP contribution >= 0.6 is 11.8 Å². The predicted octanol–water partition coefficient (Wildman–Crippen LogP) is 2.65. The van der Waals surface area contributed by atoms with E-state index in [-0.39, 0.29) is 17.0 Å². The Hall–Kier alpha value is -2.95. The molecule has 0 spiro atoms. The molecule has 0 atom stereocenters. The van der Waals surface area contributed by atoms with E-state index in [9.17, 15) is 34.9 Å². The molecule has 1 N–H and O–H groups in total. The molecule has 126 valence electrons. The summed E-state index contributed by atoms with van der Waals surface area (Å²) >= 11 is 0.602. The summed E-state index contributed by atoms with van der Waals surface area (Å²) in [6.45, 7) is 1.99. The molecule has 0 aliphatic carbocycles. The van der Waals surface area contributed by atoms with Gasteiger partial charge in [-0.15, -0.1) is 0 Å². The first-order chi connectivity index (χ1) is 11.3. The summed E-state index contributed by atoms with van der Waals surface area (Å²) in [5.74, 6) is -1.42. The molecule has 0 bridgehead atoms. The summed E-state index contributed by atoms with van der Waals surface area (Å²) in [6, 6.07) is 1.52. The molecule has 10 nitrogen and oxygen atoms in total. The number of nitro groups is 2. The lowest BCUT2D eigenvalue weighted by Crippen LogP contribution is -2.28. The van der Waals surface area contributed by atoms with E-state index in [2.05, 4.69) is 0 Å². The highest BCUT2D eigenvalue weighted by atomic mass is 32.2. The topological polar surface area (TPSA) is 144 Å². The SMILES string of the molecule is CCCN1C(=O)S/C(=C/c2cc([N+](=O)[O-])cc([N+](=O)[O-])c2O)C1=O. The van der Waals surface area contributed by atoms with E-state index < -0.39 is 38.1 Å². The minimum atomic E-state index is -0.970. The average molecular weight is 353 g/mol. The van der Waals surface area contributed by atoms with Crippen molar-refractivity contribution in [2.24, 2.45) is 0 Å². The molecule has 0 radical (unpaired) electrons. The van der Waals surface area contributed by atoms with E-state index >= 15 is 0 Å². The lowest BCUT2D eigenvalue weighted by atomic mass is 10.1. The van der Waals surface area contributed by atoms with E-state index in [1.165, 1.54) is 0 Å². The molecule has 1 aliphatic heterocycles. The Labute approximate surface area is 139 Å². The van der Waals surface area contributed by atoms with Gasteiger partial charge in [0.2, 0.25) is 5.75 Å². The first kappa shape index (κ1) is 17.4.